The van der Waals surface area contributed by atoms with Crippen LogP contribution < -0.4 is 31.4 Å². The van der Waals surface area contributed by atoms with Gasteiger partial charge in [-0.15, -0.1) is 0 Å². The van der Waals surface area contributed by atoms with Gasteiger partial charge in [-0.3, -0.25) is 4.90 Å². The fourth-order valence-electron chi connectivity index (χ4n) is 9.33. The van der Waals surface area contributed by atoms with Crippen molar-refractivity contribution in [3.05, 3.63) is 176 Å². The molecule has 14 nitrogen and oxygen atoms in total. The zero-order valence-electron chi connectivity index (χ0n) is 40.2. The SMILES string of the molecule is Cc1c(OC2CCN(C)CC2)ccc2cc(NC(=O)N(C)Cc3cccc(CN4CCC(Oc5ccc6cc(NC(=O)N(Cc7ccccc7)Cc7ccccc7)c(=O)oc6c5C)CC4)c3)c(=O)oc12. The number of ether oxygens (including phenoxy) is 2. The number of hydrogen-bond acceptors (Lipinski definition) is 10. The molecule has 362 valence electrons. The third-order valence-corrected chi connectivity index (χ3v) is 13.4. The number of fused-ring (bicyclic) bond motifs is 2. The normalized spacial score (nSPS) is 14.9. The van der Waals surface area contributed by atoms with E-state index in [1.165, 1.54) is 0 Å². The van der Waals surface area contributed by atoms with E-state index in [1.54, 1.807) is 29.0 Å². The zero-order chi connectivity index (χ0) is 48.7. The molecule has 4 amide bonds. The van der Waals surface area contributed by atoms with Crippen molar-refractivity contribution in [1.82, 2.24) is 19.6 Å². The molecule has 0 saturated carbocycles. The molecule has 0 aliphatic carbocycles. The Hall–Kier alpha value is -7.42. The minimum atomic E-state index is -0.638. The number of carbonyl (C=O) groups is 2. The topological polar surface area (TPSA) is 150 Å². The molecular weight excluding hydrogens is 885 g/mol. The van der Waals surface area contributed by atoms with Gasteiger partial charge in [-0.25, -0.2) is 19.2 Å². The highest BCUT2D eigenvalue weighted by Gasteiger charge is 2.25. The van der Waals surface area contributed by atoms with Crippen LogP contribution in [-0.4, -0.2) is 84.1 Å². The van der Waals surface area contributed by atoms with Crippen LogP contribution in [0.25, 0.3) is 21.9 Å². The van der Waals surface area contributed by atoms with E-state index < -0.39 is 23.3 Å². The van der Waals surface area contributed by atoms with Gasteiger partial charge in [0.05, 0.1) is 0 Å². The number of nitrogens with zero attached hydrogens (tertiary/aromatic N) is 4. The molecule has 0 spiro atoms. The van der Waals surface area contributed by atoms with E-state index in [2.05, 4.69) is 39.6 Å². The highest BCUT2D eigenvalue weighted by molar-refractivity contribution is 5.93. The first-order valence-electron chi connectivity index (χ1n) is 24.1. The Morgan fingerprint density at radius 1 is 0.586 bits per heavy atom. The monoisotopic (exact) mass is 944 g/mol. The van der Waals surface area contributed by atoms with Gasteiger partial charge in [0.2, 0.25) is 0 Å². The highest BCUT2D eigenvalue weighted by atomic mass is 16.5. The minimum Gasteiger partial charge on any atom is -0.490 e. The summed E-state index contributed by atoms with van der Waals surface area (Å²) in [4.78, 5) is 61.4. The van der Waals surface area contributed by atoms with Crippen LogP contribution in [0, 0.1) is 13.8 Å². The zero-order valence-corrected chi connectivity index (χ0v) is 40.2. The van der Waals surface area contributed by atoms with Crippen LogP contribution in [0.5, 0.6) is 11.5 Å². The van der Waals surface area contributed by atoms with E-state index in [-0.39, 0.29) is 23.6 Å². The number of aryl methyl sites for hydroxylation is 2. The summed E-state index contributed by atoms with van der Waals surface area (Å²) in [6.07, 6.45) is 3.60. The van der Waals surface area contributed by atoms with E-state index in [0.717, 1.165) is 91.8 Å². The summed E-state index contributed by atoms with van der Waals surface area (Å²) in [6.45, 7) is 9.19. The Labute approximate surface area is 407 Å². The number of rotatable bonds is 14. The second-order valence-corrected chi connectivity index (χ2v) is 18.7. The summed E-state index contributed by atoms with van der Waals surface area (Å²) < 4.78 is 24.4. The molecule has 2 saturated heterocycles. The van der Waals surface area contributed by atoms with Crippen LogP contribution in [-0.2, 0) is 26.2 Å². The number of nitrogens with one attached hydrogen (secondary N) is 2. The van der Waals surface area contributed by atoms with Gasteiger partial charge in [0.25, 0.3) is 0 Å². The molecule has 9 rings (SSSR count). The molecular formula is C56H60N6O8. The molecule has 2 N–H and O–H groups in total. The molecule has 2 fully saturated rings. The van der Waals surface area contributed by atoms with Crippen molar-refractivity contribution in [1.29, 1.82) is 0 Å². The Balaban J connectivity index is 0.766. The number of urea groups is 2. The molecule has 0 radical (unpaired) electrons. The number of hydrogen-bond donors (Lipinski definition) is 2. The van der Waals surface area contributed by atoms with Crippen molar-refractivity contribution in [2.45, 2.75) is 77.9 Å². The maximum absolute atomic E-state index is 13.7. The summed E-state index contributed by atoms with van der Waals surface area (Å²) >= 11 is 0. The Kier molecular flexibility index (Phi) is 14.6. The third-order valence-electron chi connectivity index (χ3n) is 13.4. The van der Waals surface area contributed by atoms with Crippen molar-refractivity contribution in [3.8, 4) is 11.5 Å². The first-order chi connectivity index (χ1) is 33.9. The molecule has 2 aliphatic rings. The van der Waals surface area contributed by atoms with Gasteiger partial charge >= 0.3 is 23.3 Å². The maximum atomic E-state index is 13.7. The van der Waals surface area contributed by atoms with E-state index >= 15 is 0 Å². The van der Waals surface area contributed by atoms with Crippen molar-refractivity contribution in [2.75, 3.05) is 50.9 Å². The molecule has 0 unspecified atom stereocenters. The third kappa shape index (κ3) is 11.5. The van der Waals surface area contributed by atoms with Gasteiger partial charge in [-0.1, -0.05) is 84.9 Å². The predicted molar refractivity (Wildman–Crippen MR) is 273 cm³/mol. The lowest BCUT2D eigenvalue weighted by molar-refractivity contribution is 0.0963. The van der Waals surface area contributed by atoms with E-state index in [9.17, 15) is 19.2 Å². The second kappa shape index (κ2) is 21.5. The number of benzene rings is 5. The average Bonchev–Trinajstić information content (AvgIpc) is 3.36. The molecule has 0 atom stereocenters. The van der Waals surface area contributed by atoms with Crippen LogP contribution in [0.2, 0.25) is 0 Å². The number of anilines is 2. The smallest absolute Gasteiger partial charge is 0.360 e. The van der Waals surface area contributed by atoms with Gasteiger partial charge in [-0.2, -0.15) is 0 Å². The molecule has 7 aromatic rings. The number of piperidine rings is 2. The molecule has 14 heteroatoms. The van der Waals surface area contributed by atoms with Gasteiger partial charge in [0.15, 0.2) is 0 Å². The van der Waals surface area contributed by atoms with Crippen molar-refractivity contribution >= 4 is 45.4 Å². The summed E-state index contributed by atoms with van der Waals surface area (Å²) in [5.41, 5.74) is 5.28. The average molecular weight is 945 g/mol. The van der Waals surface area contributed by atoms with E-state index in [4.69, 9.17) is 18.3 Å². The summed E-state index contributed by atoms with van der Waals surface area (Å²) in [6, 6.07) is 37.7. The van der Waals surface area contributed by atoms with Crippen molar-refractivity contribution in [2.24, 2.45) is 0 Å². The molecule has 2 aromatic heterocycles. The Bertz CT molecular complexity index is 3050. The highest BCUT2D eigenvalue weighted by Crippen LogP contribution is 2.32. The quantitative estimate of drug-likeness (QED) is 0.101. The lowest BCUT2D eigenvalue weighted by atomic mass is 10.0. The maximum Gasteiger partial charge on any atom is 0.360 e. The lowest BCUT2D eigenvalue weighted by Crippen LogP contribution is -2.38. The lowest BCUT2D eigenvalue weighted by Gasteiger charge is -2.32. The first-order valence-corrected chi connectivity index (χ1v) is 24.1. The van der Waals surface area contributed by atoms with E-state index in [1.807, 2.05) is 111 Å². The standard InChI is InChI=1S/C56H60N6O8/c1-37-49(67-45-22-26-59(3)27-23-45)20-18-43-31-47(53(63)69-51(37)43)57-55(65)60(4)33-41-16-11-17-42(30-41)34-61-28-24-46(25-29-61)68-50-21-19-44-32-48(54(64)70-52(44)38(50)2)58-56(66)62(35-39-12-7-5-8-13-39)36-40-14-9-6-10-15-40/h5-21,30-32,45-46H,22-29,33-36H2,1-4H3,(H,57,65)(H,58,66). The molecule has 5 aromatic carbocycles. The minimum absolute atomic E-state index is 0.0223. The largest absolute Gasteiger partial charge is 0.490 e. The Morgan fingerprint density at radius 3 is 1.59 bits per heavy atom. The summed E-state index contributed by atoms with van der Waals surface area (Å²) in [5, 5.41) is 6.95. The van der Waals surface area contributed by atoms with Gasteiger partial charge < -0.3 is 43.6 Å². The van der Waals surface area contributed by atoms with Crippen LogP contribution >= 0.6 is 0 Å². The van der Waals surface area contributed by atoms with Crippen LogP contribution in [0.15, 0.2) is 140 Å². The van der Waals surface area contributed by atoms with Crippen molar-refractivity contribution in [3.63, 3.8) is 0 Å². The van der Waals surface area contributed by atoms with Crippen LogP contribution in [0.3, 0.4) is 0 Å². The molecule has 4 heterocycles. The number of carbonyl (C=O) groups excluding carboxylic acids is 2. The predicted octanol–water partition coefficient (Wildman–Crippen LogP) is 9.93. The second-order valence-electron chi connectivity index (χ2n) is 18.7. The first kappa shape index (κ1) is 47.6. The number of amides is 4. The van der Waals surface area contributed by atoms with Gasteiger partial charge in [0, 0.05) is 81.3 Å². The van der Waals surface area contributed by atoms with E-state index in [0.29, 0.717) is 53.1 Å². The van der Waals surface area contributed by atoms with Crippen LogP contribution in [0.4, 0.5) is 21.0 Å². The Morgan fingerprint density at radius 2 is 1.06 bits per heavy atom. The molecule has 0 bridgehead atoms. The summed E-state index contributed by atoms with van der Waals surface area (Å²) in [5.74, 6) is 1.36. The fraction of sp³-hybridized carbons (Fsp3) is 0.321. The molecule has 70 heavy (non-hydrogen) atoms. The van der Waals surface area contributed by atoms with Gasteiger partial charge in [0.1, 0.15) is 46.2 Å². The van der Waals surface area contributed by atoms with Crippen molar-refractivity contribution < 1.29 is 27.9 Å². The summed E-state index contributed by atoms with van der Waals surface area (Å²) in [7, 11) is 3.81. The van der Waals surface area contributed by atoms with Crippen LogP contribution in [0.1, 0.15) is 59.1 Å². The molecule has 2 aliphatic heterocycles. The van der Waals surface area contributed by atoms with Gasteiger partial charge in [-0.05, 0) is 105 Å². The number of likely N-dealkylation sites (tertiary alicyclic amines) is 2. The fourth-order valence-corrected chi connectivity index (χ4v) is 9.33.